The minimum absolute atomic E-state index is 0.130. The van der Waals surface area contributed by atoms with Gasteiger partial charge in [-0.25, -0.2) is 4.79 Å². The molecule has 0 amide bonds. The van der Waals surface area contributed by atoms with Gasteiger partial charge in [0.25, 0.3) is 5.69 Å². The van der Waals surface area contributed by atoms with Crippen molar-refractivity contribution in [3.05, 3.63) is 38.3 Å². The quantitative estimate of drug-likeness (QED) is 0.521. The summed E-state index contributed by atoms with van der Waals surface area (Å²) in [4.78, 5) is 21.5. The maximum absolute atomic E-state index is 11.4. The van der Waals surface area contributed by atoms with E-state index in [-0.39, 0.29) is 12.3 Å². The van der Waals surface area contributed by atoms with Gasteiger partial charge in [0.2, 0.25) is 0 Å². The SMILES string of the molecule is CCOC(=O)C(N)c1cc(Br)cc([N+](=O)[O-])c1. The molecule has 92 valence electrons. The largest absolute Gasteiger partial charge is 0.465 e. The summed E-state index contributed by atoms with van der Waals surface area (Å²) in [6.45, 7) is 1.87. The first-order valence-corrected chi connectivity index (χ1v) is 5.62. The standard InChI is InChI=1S/C10H11BrN2O4/c1-2-17-10(14)9(12)6-3-7(11)5-8(4-6)13(15)16/h3-5,9H,2,12H2,1H3. The Kier molecular flexibility index (Phi) is 4.59. The van der Waals surface area contributed by atoms with Crippen LogP contribution in [0.25, 0.3) is 0 Å². The zero-order valence-corrected chi connectivity index (χ0v) is 10.6. The fourth-order valence-electron chi connectivity index (χ4n) is 1.25. The monoisotopic (exact) mass is 302 g/mol. The summed E-state index contributed by atoms with van der Waals surface area (Å²) in [6.07, 6.45) is 0. The molecule has 1 atom stereocenters. The second-order valence-electron chi connectivity index (χ2n) is 3.23. The van der Waals surface area contributed by atoms with Gasteiger partial charge in [-0.3, -0.25) is 10.1 Å². The van der Waals surface area contributed by atoms with E-state index in [4.69, 9.17) is 10.5 Å². The lowest BCUT2D eigenvalue weighted by atomic mass is 10.1. The number of non-ortho nitro benzene ring substituents is 1. The third kappa shape index (κ3) is 3.50. The number of esters is 1. The molecule has 0 saturated carbocycles. The van der Waals surface area contributed by atoms with E-state index in [1.807, 2.05) is 0 Å². The van der Waals surface area contributed by atoms with E-state index in [1.165, 1.54) is 12.1 Å². The highest BCUT2D eigenvalue weighted by Gasteiger charge is 2.20. The van der Waals surface area contributed by atoms with E-state index in [0.29, 0.717) is 10.0 Å². The Morgan fingerprint density at radius 2 is 2.24 bits per heavy atom. The highest BCUT2D eigenvalue weighted by Crippen LogP contribution is 2.24. The third-order valence-electron chi connectivity index (χ3n) is 2.02. The number of carbonyl (C=O) groups is 1. The molecule has 0 aliphatic carbocycles. The van der Waals surface area contributed by atoms with Gasteiger partial charge in [0, 0.05) is 16.6 Å². The molecule has 6 nitrogen and oxygen atoms in total. The van der Waals surface area contributed by atoms with Crippen LogP contribution in [0.1, 0.15) is 18.5 Å². The van der Waals surface area contributed by atoms with Crippen molar-refractivity contribution in [3.8, 4) is 0 Å². The van der Waals surface area contributed by atoms with Crippen LogP contribution in [0, 0.1) is 10.1 Å². The molecular weight excluding hydrogens is 292 g/mol. The van der Waals surface area contributed by atoms with Crippen LogP contribution in [0.5, 0.6) is 0 Å². The summed E-state index contributed by atoms with van der Waals surface area (Å²) in [6, 6.07) is 3.12. The van der Waals surface area contributed by atoms with Crippen LogP contribution in [0.15, 0.2) is 22.7 Å². The Morgan fingerprint density at radius 1 is 1.59 bits per heavy atom. The van der Waals surface area contributed by atoms with Crippen molar-refractivity contribution in [2.24, 2.45) is 5.73 Å². The van der Waals surface area contributed by atoms with E-state index < -0.39 is 16.9 Å². The molecule has 0 bridgehead atoms. The molecule has 7 heteroatoms. The van der Waals surface area contributed by atoms with Gasteiger partial charge >= 0.3 is 5.97 Å². The lowest BCUT2D eigenvalue weighted by Gasteiger charge is -2.10. The molecule has 0 fully saturated rings. The number of rotatable bonds is 4. The van der Waals surface area contributed by atoms with Gasteiger partial charge in [-0.1, -0.05) is 15.9 Å². The zero-order chi connectivity index (χ0) is 13.0. The van der Waals surface area contributed by atoms with Crippen molar-refractivity contribution < 1.29 is 14.5 Å². The molecule has 0 heterocycles. The molecule has 1 rings (SSSR count). The van der Waals surface area contributed by atoms with Gasteiger partial charge in [-0.05, 0) is 18.6 Å². The molecule has 0 aliphatic heterocycles. The number of hydrogen-bond donors (Lipinski definition) is 1. The first kappa shape index (κ1) is 13.6. The smallest absolute Gasteiger partial charge is 0.327 e. The Balaban J connectivity index is 3.05. The number of hydrogen-bond acceptors (Lipinski definition) is 5. The zero-order valence-electron chi connectivity index (χ0n) is 9.05. The van der Waals surface area contributed by atoms with E-state index >= 15 is 0 Å². The Morgan fingerprint density at radius 3 is 2.76 bits per heavy atom. The van der Waals surface area contributed by atoms with Crippen molar-refractivity contribution in [2.75, 3.05) is 6.61 Å². The molecule has 0 aromatic heterocycles. The lowest BCUT2D eigenvalue weighted by Crippen LogP contribution is -2.23. The molecule has 1 aromatic rings. The summed E-state index contributed by atoms with van der Waals surface area (Å²) in [5.74, 6) is -0.611. The number of nitro benzene ring substituents is 1. The third-order valence-corrected chi connectivity index (χ3v) is 2.47. The van der Waals surface area contributed by atoms with Crippen LogP contribution >= 0.6 is 15.9 Å². The average Bonchev–Trinajstić information content (AvgIpc) is 2.27. The van der Waals surface area contributed by atoms with Crippen molar-refractivity contribution in [1.29, 1.82) is 0 Å². The van der Waals surface area contributed by atoms with Gasteiger partial charge in [0.05, 0.1) is 11.5 Å². The number of ether oxygens (including phenoxy) is 1. The van der Waals surface area contributed by atoms with E-state index in [0.717, 1.165) is 0 Å². The summed E-state index contributed by atoms with van der Waals surface area (Å²) < 4.78 is 5.24. The van der Waals surface area contributed by atoms with E-state index in [2.05, 4.69) is 15.9 Å². The van der Waals surface area contributed by atoms with Crippen LogP contribution in [-0.4, -0.2) is 17.5 Å². The first-order chi connectivity index (χ1) is 7.95. The predicted molar refractivity (Wildman–Crippen MR) is 64.4 cm³/mol. The van der Waals surface area contributed by atoms with E-state index in [9.17, 15) is 14.9 Å². The molecule has 0 saturated heterocycles. The number of benzene rings is 1. The molecule has 17 heavy (non-hydrogen) atoms. The number of nitrogens with two attached hydrogens (primary N) is 1. The minimum atomic E-state index is -1.02. The maximum atomic E-state index is 11.4. The van der Waals surface area contributed by atoms with Crippen molar-refractivity contribution in [3.63, 3.8) is 0 Å². The van der Waals surface area contributed by atoms with E-state index in [1.54, 1.807) is 13.0 Å². The van der Waals surface area contributed by atoms with Gasteiger partial charge < -0.3 is 10.5 Å². The number of carbonyl (C=O) groups excluding carboxylic acids is 1. The second kappa shape index (κ2) is 5.74. The summed E-state index contributed by atoms with van der Waals surface area (Å²) in [7, 11) is 0. The summed E-state index contributed by atoms with van der Waals surface area (Å²) >= 11 is 3.13. The molecule has 0 aliphatic rings. The summed E-state index contributed by atoms with van der Waals surface area (Å²) in [5.41, 5.74) is 5.85. The second-order valence-corrected chi connectivity index (χ2v) is 4.15. The number of nitro groups is 1. The van der Waals surface area contributed by atoms with Crippen molar-refractivity contribution >= 4 is 27.6 Å². The van der Waals surface area contributed by atoms with Gasteiger partial charge in [0.1, 0.15) is 6.04 Å². The van der Waals surface area contributed by atoms with Gasteiger partial charge in [-0.15, -0.1) is 0 Å². The van der Waals surface area contributed by atoms with Gasteiger partial charge in [0.15, 0.2) is 0 Å². The molecule has 1 unspecified atom stereocenters. The molecule has 2 N–H and O–H groups in total. The maximum Gasteiger partial charge on any atom is 0.327 e. The van der Waals surface area contributed by atoms with Crippen molar-refractivity contribution in [1.82, 2.24) is 0 Å². The Labute approximate surface area is 106 Å². The van der Waals surface area contributed by atoms with Crippen LogP contribution in [0.4, 0.5) is 5.69 Å². The average molecular weight is 303 g/mol. The summed E-state index contributed by atoms with van der Waals surface area (Å²) in [5, 5.41) is 10.7. The molecule has 0 spiro atoms. The van der Waals surface area contributed by atoms with Gasteiger partial charge in [-0.2, -0.15) is 0 Å². The topological polar surface area (TPSA) is 95.5 Å². The molecular formula is C10H11BrN2O4. The van der Waals surface area contributed by atoms with Crippen LogP contribution < -0.4 is 5.73 Å². The fourth-order valence-corrected chi connectivity index (χ4v) is 1.75. The molecule has 1 aromatic carbocycles. The molecule has 0 radical (unpaired) electrons. The Bertz CT molecular complexity index is 450. The highest BCUT2D eigenvalue weighted by atomic mass is 79.9. The van der Waals surface area contributed by atoms with Crippen LogP contribution in [0.3, 0.4) is 0 Å². The van der Waals surface area contributed by atoms with Crippen LogP contribution in [0.2, 0.25) is 0 Å². The Hall–Kier alpha value is -1.47. The number of nitrogens with zero attached hydrogens (tertiary/aromatic N) is 1. The predicted octanol–water partition coefficient (Wildman–Crippen LogP) is 1.92. The first-order valence-electron chi connectivity index (χ1n) is 4.82. The minimum Gasteiger partial charge on any atom is -0.465 e. The lowest BCUT2D eigenvalue weighted by molar-refractivity contribution is -0.385. The van der Waals surface area contributed by atoms with Crippen molar-refractivity contribution in [2.45, 2.75) is 13.0 Å². The fraction of sp³-hybridized carbons (Fsp3) is 0.300. The highest BCUT2D eigenvalue weighted by molar-refractivity contribution is 9.10. The van der Waals surface area contributed by atoms with Crippen LogP contribution in [-0.2, 0) is 9.53 Å². The normalized spacial score (nSPS) is 11.9. The number of halogens is 1.